The second-order valence-corrected chi connectivity index (χ2v) is 24.3. The Balaban J connectivity index is 0.613. The second kappa shape index (κ2) is 33.3. The van der Waals surface area contributed by atoms with Crippen LogP contribution in [-0.2, 0) is 42.9 Å². The number of hydrogen-bond acceptors (Lipinski definition) is 21. The number of β-amino-alcohol motifs (C(OH)–C–C–N with tert-alkyl or cyclic N) is 1. The molecule has 4 atom stereocenters. The maximum absolute atomic E-state index is 17.0. The molecule has 0 unspecified atom stereocenters. The van der Waals surface area contributed by atoms with Crippen LogP contribution in [0, 0.1) is 18.7 Å². The molecule has 5 heterocycles. The minimum absolute atomic E-state index is 0.00641. The zero-order valence-electron chi connectivity index (χ0n) is 53.5. The molecule has 500 valence electrons. The number of ether oxygens (including phenoxy) is 7. The minimum Gasteiger partial charge on any atom is -0.508 e. The molecule has 0 aliphatic carbocycles. The lowest BCUT2D eigenvalue weighted by Crippen LogP contribution is -2.48. The van der Waals surface area contributed by atoms with Crippen molar-refractivity contribution in [1.29, 1.82) is 0 Å². The van der Waals surface area contributed by atoms with Crippen molar-refractivity contribution in [3.63, 3.8) is 0 Å². The first kappa shape index (κ1) is 69.5. The first-order chi connectivity index (χ1) is 44.9. The van der Waals surface area contributed by atoms with Crippen LogP contribution in [0.15, 0.2) is 76.8 Å². The zero-order valence-corrected chi connectivity index (χ0v) is 55.1. The maximum Gasteiger partial charge on any atom is 0.254 e. The summed E-state index contributed by atoms with van der Waals surface area (Å²) in [6.45, 7) is 14.9. The van der Waals surface area contributed by atoms with Gasteiger partial charge >= 0.3 is 0 Å². The van der Waals surface area contributed by atoms with Crippen LogP contribution in [0.1, 0.15) is 69.5 Å². The summed E-state index contributed by atoms with van der Waals surface area (Å²) in [7, 11) is 3.27. The standard InChI is InChI=1S/C66H82ClFN10O14S/c1-40(2)58(65(84)78-38-47(81)35-53(78)64(83)71-41(3)48-13-12-45(33-54(48)85-7)62-42(4)70-39-93-62)55-37-56(74-92-55)91-31-30-90-29-28-89-27-26-88-25-24-87-23-22-86-21-20-75(6)57(82)14-15-69-66-72-61-51(63(73-66)77-18-16-76(17-19-77)43(5)79)36-52(67)59(60(61)68)50-34-46(80)32-44-10-8-9-11-49(44)50/h8-13,32-34,36-37,39-41,47,53,58,80-81H,14-31,35,38H2,1-7H3,(H,71,83)(H,69,72,73)/t41-,47+,53-,58-/m0/s1. The number of aromatic hydroxyl groups is 1. The minimum atomic E-state index is -0.908. The van der Waals surface area contributed by atoms with Gasteiger partial charge in [-0.05, 0) is 71.1 Å². The summed E-state index contributed by atoms with van der Waals surface area (Å²) in [6, 6.07) is 18.0. The molecule has 27 heteroatoms. The van der Waals surface area contributed by atoms with Crippen molar-refractivity contribution >= 4 is 80.0 Å². The molecule has 4 N–H and O–H groups in total. The van der Waals surface area contributed by atoms with Gasteiger partial charge in [-0.25, -0.2) is 14.4 Å². The lowest BCUT2D eigenvalue weighted by atomic mass is 9.91. The number of rotatable bonds is 33. The number of methoxy groups -OCH3 is 1. The number of anilines is 2. The molecule has 24 nitrogen and oxygen atoms in total. The molecule has 2 aliphatic rings. The number of nitrogens with zero attached hydrogens (tertiary/aromatic N) is 8. The number of likely N-dealkylation sites (N-methyl/N-ethyl adjacent to an activating group) is 1. The number of aromatic nitrogens is 4. The lowest BCUT2D eigenvalue weighted by molar-refractivity contribution is -0.141. The number of carbonyl (C=O) groups is 4. The third kappa shape index (κ3) is 17.9. The number of thiazole rings is 1. The number of phenolic OH excluding ortho intramolecular Hbond substituents is 1. The molecule has 2 aliphatic heterocycles. The van der Waals surface area contributed by atoms with Crippen LogP contribution in [-0.4, -0.2) is 213 Å². The van der Waals surface area contributed by atoms with E-state index in [1.54, 1.807) is 47.7 Å². The van der Waals surface area contributed by atoms with Crippen LogP contribution < -0.4 is 25.0 Å². The van der Waals surface area contributed by atoms with E-state index in [1.807, 2.05) is 75.1 Å². The fourth-order valence-electron chi connectivity index (χ4n) is 11.3. The van der Waals surface area contributed by atoms with Crippen LogP contribution in [0.2, 0.25) is 5.02 Å². The van der Waals surface area contributed by atoms with Gasteiger partial charge in [-0.1, -0.05) is 61.8 Å². The molecule has 4 amide bonds. The van der Waals surface area contributed by atoms with Gasteiger partial charge in [-0.15, -0.1) is 11.3 Å². The van der Waals surface area contributed by atoms with Crippen molar-refractivity contribution in [3.8, 4) is 38.9 Å². The number of hydrogen-bond donors (Lipinski definition) is 4. The number of amides is 4. The molecule has 9 rings (SSSR count). The van der Waals surface area contributed by atoms with E-state index in [1.165, 1.54) is 29.2 Å². The zero-order chi connectivity index (χ0) is 66.1. The van der Waals surface area contributed by atoms with Gasteiger partial charge in [0.1, 0.15) is 41.4 Å². The van der Waals surface area contributed by atoms with Gasteiger partial charge in [-0.3, -0.25) is 19.2 Å². The monoisotopic (exact) mass is 1320 g/mol. The van der Waals surface area contributed by atoms with Gasteiger partial charge < -0.3 is 78.1 Å². The number of aryl methyl sites for hydroxylation is 1. The number of benzene rings is 4. The summed E-state index contributed by atoms with van der Waals surface area (Å²) >= 11 is 8.42. The number of halogens is 2. The predicted molar refractivity (Wildman–Crippen MR) is 350 cm³/mol. The number of aliphatic hydroxyl groups is 1. The van der Waals surface area contributed by atoms with Gasteiger partial charge in [0.15, 0.2) is 11.6 Å². The van der Waals surface area contributed by atoms with Crippen molar-refractivity contribution in [3.05, 3.63) is 100 Å². The van der Waals surface area contributed by atoms with Gasteiger partial charge in [0.2, 0.25) is 29.6 Å². The fourth-order valence-corrected chi connectivity index (χ4v) is 12.4. The Morgan fingerprint density at radius 1 is 0.860 bits per heavy atom. The molecule has 2 fully saturated rings. The Kier molecular flexibility index (Phi) is 24.9. The molecule has 0 radical (unpaired) electrons. The number of likely N-dealkylation sites (tertiary alicyclic amines) is 1. The van der Waals surface area contributed by atoms with E-state index >= 15 is 4.39 Å². The van der Waals surface area contributed by atoms with Crippen LogP contribution in [0.25, 0.3) is 43.2 Å². The molecule has 0 saturated carbocycles. The van der Waals surface area contributed by atoms with Gasteiger partial charge in [0.05, 0.1) is 106 Å². The number of piperazine rings is 1. The normalized spacial score (nSPS) is 15.7. The highest BCUT2D eigenvalue weighted by atomic mass is 35.5. The second-order valence-electron chi connectivity index (χ2n) is 23.1. The van der Waals surface area contributed by atoms with Crippen molar-refractivity contribution in [2.75, 3.05) is 143 Å². The van der Waals surface area contributed by atoms with E-state index in [-0.39, 0.29) is 108 Å². The van der Waals surface area contributed by atoms with Crippen LogP contribution in [0.3, 0.4) is 0 Å². The average molecular weight is 1330 g/mol. The number of nitrogens with one attached hydrogen (secondary N) is 2. The van der Waals surface area contributed by atoms with Gasteiger partial charge in [-0.2, -0.15) is 4.98 Å². The van der Waals surface area contributed by atoms with Crippen LogP contribution >= 0.6 is 22.9 Å². The summed E-state index contributed by atoms with van der Waals surface area (Å²) in [6.07, 6.45) is -0.702. The Morgan fingerprint density at radius 2 is 1.54 bits per heavy atom. The van der Waals surface area contributed by atoms with E-state index in [0.29, 0.717) is 125 Å². The number of fused-ring (bicyclic) bond motifs is 2. The van der Waals surface area contributed by atoms with E-state index in [0.717, 1.165) is 21.7 Å². The van der Waals surface area contributed by atoms with Crippen LogP contribution in [0.4, 0.5) is 16.2 Å². The highest BCUT2D eigenvalue weighted by Gasteiger charge is 2.44. The molecule has 3 aromatic heterocycles. The van der Waals surface area contributed by atoms with Crippen molar-refractivity contribution in [1.82, 2.24) is 40.1 Å². The molecule has 0 spiro atoms. The Hall–Kier alpha value is -7.82. The van der Waals surface area contributed by atoms with Crippen molar-refractivity contribution < 1.29 is 71.5 Å². The largest absolute Gasteiger partial charge is 0.508 e. The van der Waals surface area contributed by atoms with Crippen molar-refractivity contribution in [2.45, 2.75) is 71.6 Å². The summed E-state index contributed by atoms with van der Waals surface area (Å²) in [5, 5.41) is 33.5. The van der Waals surface area contributed by atoms with Crippen molar-refractivity contribution in [2.24, 2.45) is 5.92 Å². The third-order valence-electron chi connectivity index (χ3n) is 16.3. The predicted octanol–water partition coefficient (Wildman–Crippen LogP) is 8.05. The fraction of sp³-hybridized carbons (Fsp3) is 0.485. The molecule has 7 aromatic rings. The SMILES string of the molecule is COc1cc(-c2scnc2C)ccc1[C@H](C)NC(=O)[C@@H]1C[C@@H](O)CN1C(=O)[C@H](c1cc(OCCOCCOCCOCCOCCOCCN(C)C(=O)CCNc2nc(N3CCN(C(C)=O)CC3)c3cc(Cl)c(-c4cc(O)cc5ccccc45)c(F)c3n2)no1)C(C)C. The third-order valence-corrected chi connectivity index (χ3v) is 17.5. The Bertz CT molecular complexity index is 3680. The summed E-state index contributed by atoms with van der Waals surface area (Å²) in [5.74, 6) is -1.07. The molecular formula is C66H82ClFN10O14S. The molecular weight excluding hydrogens is 1240 g/mol. The highest BCUT2D eigenvalue weighted by Crippen LogP contribution is 2.43. The Labute approximate surface area is 548 Å². The molecule has 4 aromatic carbocycles. The molecule has 93 heavy (non-hydrogen) atoms. The first-order valence-corrected chi connectivity index (χ1v) is 32.4. The molecule has 0 bridgehead atoms. The van der Waals surface area contributed by atoms with Gasteiger partial charge in [0, 0.05) is 95.2 Å². The highest BCUT2D eigenvalue weighted by molar-refractivity contribution is 7.13. The first-order valence-electron chi connectivity index (χ1n) is 31.2. The number of carbonyl (C=O) groups excluding carboxylic acids is 4. The van der Waals surface area contributed by atoms with Crippen LogP contribution in [0.5, 0.6) is 17.4 Å². The molecule has 2 saturated heterocycles. The number of aliphatic hydroxyl groups excluding tert-OH is 1. The summed E-state index contributed by atoms with van der Waals surface area (Å²) < 4.78 is 62.3. The maximum atomic E-state index is 17.0. The average Bonchev–Trinajstić information content (AvgIpc) is 1.07. The number of phenols is 1. The van der Waals surface area contributed by atoms with E-state index < -0.39 is 29.9 Å². The van der Waals surface area contributed by atoms with E-state index in [9.17, 15) is 29.4 Å². The Morgan fingerprint density at radius 3 is 2.19 bits per heavy atom. The topological polar surface area (TPSA) is 275 Å². The van der Waals surface area contributed by atoms with E-state index in [4.69, 9.17) is 54.3 Å². The summed E-state index contributed by atoms with van der Waals surface area (Å²) in [5.41, 5.74) is 4.94. The van der Waals surface area contributed by atoms with Gasteiger partial charge in [0.25, 0.3) is 5.88 Å². The smallest absolute Gasteiger partial charge is 0.254 e. The lowest BCUT2D eigenvalue weighted by Gasteiger charge is -2.35. The van der Waals surface area contributed by atoms with E-state index in [2.05, 4.69) is 25.8 Å². The summed E-state index contributed by atoms with van der Waals surface area (Å²) in [4.78, 5) is 74.8. The quantitative estimate of drug-likeness (QED) is 0.0283.